The molecule has 1 rings (SSSR count). The van der Waals surface area contributed by atoms with Crippen molar-refractivity contribution in [2.45, 2.75) is 44.8 Å². The Morgan fingerprint density at radius 3 is 2.18 bits per heavy atom. The van der Waals surface area contributed by atoms with Crippen LogP contribution in [0.1, 0.15) is 33.6 Å². The van der Waals surface area contributed by atoms with Gasteiger partial charge in [0.25, 0.3) is 5.91 Å². The van der Waals surface area contributed by atoms with Crippen molar-refractivity contribution in [3.05, 3.63) is 0 Å². The molecule has 17 heavy (non-hydrogen) atoms. The summed E-state index contributed by atoms with van der Waals surface area (Å²) in [7, 11) is 3.35. The molecule has 1 aliphatic heterocycles. The molecular formula is C12H21NO4. The van der Waals surface area contributed by atoms with E-state index in [9.17, 15) is 9.59 Å². The maximum absolute atomic E-state index is 12.0. The first-order valence-corrected chi connectivity index (χ1v) is 5.75. The molecule has 0 aliphatic carbocycles. The minimum absolute atomic E-state index is 0.116. The number of likely N-dealkylation sites (N-methyl/N-ethyl adjacent to an activating group) is 1. The quantitative estimate of drug-likeness (QED) is 0.789. The van der Waals surface area contributed by atoms with Crippen molar-refractivity contribution in [2.24, 2.45) is 5.92 Å². The highest BCUT2D eigenvalue weighted by molar-refractivity contribution is 5.85. The Bertz CT molecular complexity index is 337. The third-order valence-electron chi connectivity index (χ3n) is 3.39. The van der Waals surface area contributed by atoms with Gasteiger partial charge in [-0.3, -0.25) is 9.59 Å². The topological polar surface area (TPSA) is 66.8 Å². The maximum atomic E-state index is 12.0. The van der Waals surface area contributed by atoms with Crippen LogP contribution >= 0.6 is 0 Å². The number of carbonyl (C=O) groups is 2. The van der Waals surface area contributed by atoms with Crippen molar-refractivity contribution in [2.75, 3.05) is 14.1 Å². The molecule has 1 N–H and O–H groups in total. The van der Waals surface area contributed by atoms with Crippen LogP contribution in [-0.4, -0.2) is 47.2 Å². The number of rotatable bonds is 2. The second-order valence-electron chi connectivity index (χ2n) is 5.57. The Labute approximate surface area is 102 Å². The standard InChI is InChI=1S/C12H21NO4/c1-11(2)8(9(14)15)6-7-12(3,17-11)10(16)13(4)5/h8H,6-7H2,1-5H3,(H,14,15). The normalized spacial score (nSPS) is 31.9. The van der Waals surface area contributed by atoms with Gasteiger partial charge in [-0.25, -0.2) is 0 Å². The lowest BCUT2D eigenvalue weighted by molar-refractivity contribution is -0.210. The van der Waals surface area contributed by atoms with Crippen LogP contribution in [0.25, 0.3) is 0 Å². The highest BCUT2D eigenvalue weighted by Gasteiger charge is 2.50. The summed E-state index contributed by atoms with van der Waals surface area (Å²) in [6, 6.07) is 0. The van der Waals surface area contributed by atoms with Crippen LogP contribution in [0.2, 0.25) is 0 Å². The van der Waals surface area contributed by atoms with Crippen LogP contribution in [0, 0.1) is 5.92 Å². The molecule has 2 unspecified atom stereocenters. The van der Waals surface area contributed by atoms with Gasteiger partial charge in [-0.05, 0) is 33.6 Å². The van der Waals surface area contributed by atoms with E-state index >= 15 is 0 Å². The Morgan fingerprint density at radius 1 is 1.29 bits per heavy atom. The molecule has 1 heterocycles. The van der Waals surface area contributed by atoms with Crippen molar-refractivity contribution < 1.29 is 19.4 Å². The molecule has 0 saturated carbocycles. The smallest absolute Gasteiger partial charge is 0.309 e. The number of aliphatic carboxylic acids is 1. The largest absolute Gasteiger partial charge is 0.481 e. The average Bonchev–Trinajstić information content (AvgIpc) is 2.13. The molecule has 0 spiro atoms. The van der Waals surface area contributed by atoms with E-state index in [0.717, 1.165) is 0 Å². The molecule has 1 fully saturated rings. The molecule has 98 valence electrons. The van der Waals surface area contributed by atoms with Gasteiger partial charge < -0.3 is 14.7 Å². The lowest BCUT2D eigenvalue weighted by Crippen LogP contribution is -2.57. The Hall–Kier alpha value is -1.10. The van der Waals surface area contributed by atoms with Gasteiger partial charge in [0.1, 0.15) is 5.60 Å². The highest BCUT2D eigenvalue weighted by Crippen LogP contribution is 2.40. The van der Waals surface area contributed by atoms with Gasteiger partial charge in [0.2, 0.25) is 0 Å². The van der Waals surface area contributed by atoms with Gasteiger partial charge in [-0.15, -0.1) is 0 Å². The number of hydrogen-bond donors (Lipinski definition) is 1. The summed E-state index contributed by atoms with van der Waals surface area (Å²) in [4.78, 5) is 24.6. The average molecular weight is 243 g/mol. The van der Waals surface area contributed by atoms with Gasteiger partial charge in [0, 0.05) is 14.1 Å². The van der Waals surface area contributed by atoms with Crippen molar-refractivity contribution >= 4 is 11.9 Å². The number of carboxylic acids is 1. The van der Waals surface area contributed by atoms with Gasteiger partial charge >= 0.3 is 5.97 Å². The van der Waals surface area contributed by atoms with Crippen molar-refractivity contribution in [3.63, 3.8) is 0 Å². The van der Waals surface area contributed by atoms with Gasteiger partial charge in [-0.2, -0.15) is 0 Å². The molecule has 5 heteroatoms. The predicted octanol–water partition coefficient (Wildman–Crippen LogP) is 1.12. The van der Waals surface area contributed by atoms with Crippen LogP contribution < -0.4 is 0 Å². The zero-order valence-electron chi connectivity index (χ0n) is 11.1. The highest BCUT2D eigenvalue weighted by atomic mass is 16.5. The summed E-state index contributed by atoms with van der Waals surface area (Å²) >= 11 is 0. The minimum atomic E-state index is -0.918. The lowest BCUT2D eigenvalue weighted by Gasteiger charge is -2.46. The Morgan fingerprint density at radius 2 is 1.82 bits per heavy atom. The SMILES string of the molecule is CN(C)C(=O)C1(C)CCC(C(=O)O)C(C)(C)O1. The van der Waals surface area contributed by atoms with Crippen LogP contribution in [0.4, 0.5) is 0 Å². The molecule has 5 nitrogen and oxygen atoms in total. The second kappa shape index (κ2) is 4.29. The molecule has 0 bridgehead atoms. The number of ether oxygens (including phenoxy) is 1. The first-order valence-electron chi connectivity index (χ1n) is 5.75. The Balaban J connectivity index is 2.92. The molecular weight excluding hydrogens is 222 g/mol. The number of hydrogen-bond acceptors (Lipinski definition) is 3. The van der Waals surface area contributed by atoms with Gasteiger partial charge in [0.05, 0.1) is 11.5 Å². The monoisotopic (exact) mass is 243 g/mol. The van der Waals surface area contributed by atoms with Gasteiger partial charge in [-0.1, -0.05) is 0 Å². The molecule has 2 atom stereocenters. The first kappa shape index (κ1) is 14.0. The van der Waals surface area contributed by atoms with Crippen molar-refractivity contribution in [1.82, 2.24) is 4.90 Å². The maximum Gasteiger partial charge on any atom is 0.309 e. The zero-order chi connectivity index (χ0) is 13.4. The molecule has 1 saturated heterocycles. The molecule has 0 aromatic carbocycles. The fourth-order valence-electron chi connectivity index (χ4n) is 2.51. The van der Waals surface area contributed by atoms with E-state index in [0.29, 0.717) is 12.8 Å². The minimum Gasteiger partial charge on any atom is -0.481 e. The van der Waals surface area contributed by atoms with E-state index in [1.807, 2.05) is 0 Å². The van der Waals surface area contributed by atoms with Crippen molar-refractivity contribution in [3.8, 4) is 0 Å². The van der Waals surface area contributed by atoms with Crippen LogP contribution in [-0.2, 0) is 14.3 Å². The summed E-state index contributed by atoms with van der Waals surface area (Å²) < 4.78 is 5.79. The summed E-state index contributed by atoms with van der Waals surface area (Å²) in [5.41, 5.74) is -1.75. The van der Waals surface area contributed by atoms with Crippen LogP contribution in [0.5, 0.6) is 0 Å². The van der Waals surface area contributed by atoms with E-state index in [2.05, 4.69) is 0 Å². The Kier molecular flexibility index (Phi) is 3.52. The van der Waals surface area contributed by atoms with E-state index in [-0.39, 0.29) is 5.91 Å². The van der Waals surface area contributed by atoms with Crippen LogP contribution in [0.15, 0.2) is 0 Å². The lowest BCUT2D eigenvalue weighted by atomic mass is 9.78. The first-order chi connectivity index (χ1) is 7.60. The van der Waals surface area contributed by atoms with E-state index < -0.39 is 23.1 Å². The summed E-state index contributed by atoms with van der Waals surface area (Å²) in [6.07, 6.45) is 0.892. The van der Waals surface area contributed by atoms with Crippen LogP contribution in [0.3, 0.4) is 0 Å². The fourth-order valence-corrected chi connectivity index (χ4v) is 2.51. The third kappa shape index (κ3) is 2.60. The number of nitrogens with zero attached hydrogens (tertiary/aromatic N) is 1. The molecule has 1 aliphatic rings. The second-order valence-corrected chi connectivity index (χ2v) is 5.57. The van der Waals surface area contributed by atoms with Gasteiger partial charge in [0.15, 0.2) is 0 Å². The molecule has 0 aromatic rings. The van der Waals surface area contributed by atoms with E-state index in [4.69, 9.17) is 9.84 Å². The zero-order valence-corrected chi connectivity index (χ0v) is 11.1. The predicted molar refractivity (Wildman–Crippen MR) is 62.6 cm³/mol. The summed E-state index contributed by atoms with van der Waals surface area (Å²) in [5, 5.41) is 9.12. The molecule has 1 amide bonds. The summed E-state index contributed by atoms with van der Waals surface area (Å²) in [6.45, 7) is 5.19. The number of carboxylic acid groups (broad SMARTS) is 1. The molecule has 0 radical (unpaired) electrons. The van der Waals surface area contributed by atoms with E-state index in [1.165, 1.54) is 4.90 Å². The number of amides is 1. The fraction of sp³-hybridized carbons (Fsp3) is 0.833. The summed E-state index contributed by atoms with van der Waals surface area (Å²) in [5.74, 6) is -1.55. The van der Waals surface area contributed by atoms with E-state index in [1.54, 1.807) is 34.9 Å². The molecule has 0 aromatic heterocycles. The van der Waals surface area contributed by atoms with Crippen molar-refractivity contribution in [1.29, 1.82) is 0 Å². The third-order valence-corrected chi connectivity index (χ3v) is 3.39. The number of carbonyl (C=O) groups excluding carboxylic acids is 1.